The number of carbonyl (C=O) groups is 1. The zero-order chi connectivity index (χ0) is 14.3. The molecule has 0 atom stereocenters. The molecule has 2 heterocycles. The number of ketones is 1. The van der Waals surface area contributed by atoms with Crippen molar-refractivity contribution in [2.45, 2.75) is 13.8 Å². The molecule has 3 aromatic rings. The first-order valence-electron chi connectivity index (χ1n) is 5.85. The molecule has 0 radical (unpaired) electrons. The summed E-state index contributed by atoms with van der Waals surface area (Å²) in [6.45, 7) is 3.30. The van der Waals surface area contributed by atoms with Crippen molar-refractivity contribution in [2.24, 2.45) is 0 Å². The van der Waals surface area contributed by atoms with Crippen LogP contribution in [0.25, 0.3) is 10.2 Å². The number of para-hydroxylation sites is 1. The first-order chi connectivity index (χ1) is 9.54. The van der Waals surface area contributed by atoms with Crippen molar-refractivity contribution in [2.75, 3.05) is 5.32 Å². The molecule has 0 aliphatic heterocycles. The second kappa shape index (κ2) is 4.92. The summed E-state index contributed by atoms with van der Waals surface area (Å²) in [6.07, 6.45) is 0. The number of nitrogens with zero attached hydrogens (tertiary/aromatic N) is 2. The number of hydrogen-bond donors (Lipinski definition) is 1. The van der Waals surface area contributed by atoms with Gasteiger partial charge in [0, 0.05) is 6.92 Å². The molecule has 20 heavy (non-hydrogen) atoms. The lowest BCUT2D eigenvalue weighted by molar-refractivity contribution is 0.102. The molecule has 3 rings (SSSR count). The first-order valence-corrected chi connectivity index (χ1v) is 7.48. The van der Waals surface area contributed by atoms with E-state index in [1.54, 1.807) is 13.0 Å². The maximum absolute atomic E-state index is 13.6. The van der Waals surface area contributed by atoms with E-state index < -0.39 is 0 Å². The normalized spacial score (nSPS) is 10.9. The number of hydrogen-bond acceptors (Lipinski definition) is 6. The fourth-order valence-electron chi connectivity index (χ4n) is 1.84. The van der Waals surface area contributed by atoms with Crippen molar-refractivity contribution >= 4 is 48.9 Å². The molecule has 0 spiro atoms. The Bertz CT molecular complexity index is 809. The van der Waals surface area contributed by atoms with Gasteiger partial charge in [0.05, 0.1) is 15.3 Å². The van der Waals surface area contributed by atoms with E-state index in [1.165, 1.54) is 35.7 Å². The third-order valence-corrected chi connectivity index (χ3v) is 4.81. The Morgan fingerprint density at radius 3 is 2.65 bits per heavy atom. The summed E-state index contributed by atoms with van der Waals surface area (Å²) in [6, 6.07) is 4.85. The van der Waals surface area contributed by atoms with Gasteiger partial charge in [0.1, 0.15) is 11.3 Å². The number of anilines is 2. The minimum absolute atomic E-state index is 0.0107. The maximum atomic E-state index is 13.6. The lowest BCUT2D eigenvalue weighted by Crippen LogP contribution is -1.89. The number of nitrogens with one attached hydrogen (secondary N) is 1. The Morgan fingerprint density at radius 2 is 2.00 bits per heavy atom. The largest absolute Gasteiger partial charge is 0.307 e. The number of carbonyl (C=O) groups excluding carboxylic acids is 1. The molecular weight excluding hydrogens is 297 g/mol. The fraction of sp³-hybridized carbons (Fsp3) is 0.154. The molecule has 0 aliphatic carbocycles. The van der Waals surface area contributed by atoms with Gasteiger partial charge in [-0.25, -0.2) is 14.4 Å². The standard InChI is InChI=1S/C13H10FN3OS2/c1-6-11(7(2)18)20-12(15-6)17-13-16-10-8(14)4-3-5-9(10)19-13/h3-5H,1-2H3,(H,15,16,17). The van der Waals surface area contributed by atoms with Gasteiger partial charge in [-0.1, -0.05) is 28.7 Å². The van der Waals surface area contributed by atoms with Gasteiger partial charge in [-0.15, -0.1) is 0 Å². The van der Waals surface area contributed by atoms with Crippen molar-refractivity contribution in [3.8, 4) is 0 Å². The summed E-state index contributed by atoms with van der Waals surface area (Å²) in [4.78, 5) is 20.5. The first kappa shape index (κ1) is 13.1. The molecule has 0 unspecified atom stereocenters. The van der Waals surface area contributed by atoms with Gasteiger partial charge in [0.25, 0.3) is 0 Å². The Kier molecular flexibility index (Phi) is 3.23. The van der Waals surface area contributed by atoms with Gasteiger partial charge in [0.15, 0.2) is 16.0 Å². The molecule has 1 aromatic carbocycles. The number of rotatable bonds is 3. The lowest BCUT2D eigenvalue weighted by atomic mass is 10.3. The van der Waals surface area contributed by atoms with Crippen LogP contribution in [0.5, 0.6) is 0 Å². The van der Waals surface area contributed by atoms with Crippen LogP contribution in [-0.2, 0) is 0 Å². The van der Waals surface area contributed by atoms with Crippen LogP contribution in [0.1, 0.15) is 22.3 Å². The number of aryl methyl sites for hydroxylation is 1. The second-order valence-corrected chi connectivity index (χ2v) is 6.25. The van der Waals surface area contributed by atoms with Gasteiger partial charge in [-0.3, -0.25) is 4.79 Å². The molecule has 7 heteroatoms. The number of thiazole rings is 2. The van der Waals surface area contributed by atoms with Crippen LogP contribution in [0.2, 0.25) is 0 Å². The number of aromatic nitrogens is 2. The predicted octanol–water partition coefficient (Wildman–Crippen LogP) is 4.15. The van der Waals surface area contributed by atoms with E-state index in [0.29, 0.717) is 26.4 Å². The third-order valence-electron chi connectivity index (χ3n) is 2.70. The molecule has 0 aliphatic rings. The smallest absolute Gasteiger partial charge is 0.190 e. The summed E-state index contributed by atoms with van der Waals surface area (Å²) in [5.74, 6) is -0.352. The predicted molar refractivity (Wildman–Crippen MR) is 79.7 cm³/mol. The topological polar surface area (TPSA) is 54.9 Å². The molecule has 0 amide bonds. The van der Waals surface area contributed by atoms with Gasteiger partial charge in [-0.2, -0.15) is 0 Å². The lowest BCUT2D eigenvalue weighted by Gasteiger charge is -1.94. The Balaban J connectivity index is 1.95. The summed E-state index contributed by atoms with van der Waals surface area (Å²) in [5.41, 5.74) is 1.04. The highest BCUT2D eigenvalue weighted by Gasteiger charge is 2.13. The van der Waals surface area contributed by atoms with Gasteiger partial charge in [0.2, 0.25) is 0 Å². The third kappa shape index (κ3) is 2.30. The van der Waals surface area contributed by atoms with E-state index in [-0.39, 0.29) is 11.6 Å². The van der Waals surface area contributed by atoms with Gasteiger partial charge >= 0.3 is 0 Å². The van der Waals surface area contributed by atoms with Crippen LogP contribution in [0.15, 0.2) is 18.2 Å². The minimum Gasteiger partial charge on any atom is -0.307 e. The average molecular weight is 307 g/mol. The van der Waals surface area contributed by atoms with E-state index in [1.807, 2.05) is 6.07 Å². The maximum Gasteiger partial charge on any atom is 0.190 e. The van der Waals surface area contributed by atoms with Crippen LogP contribution >= 0.6 is 22.7 Å². The number of benzene rings is 1. The molecule has 0 fully saturated rings. The molecule has 0 saturated heterocycles. The van der Waals surface area contributed by atoms with Crippen LogP contribution in [0.4, 0.5) is 14.7 Å². The Morgan fingerprint density at radius 1 is 1.25 bits per heavy atom. The monoisotopic (exact) mass is 307 g/mol. The van der Waals surface area contributed by atoms with Crippen LogP contribution < -0.4 is 5.32 Å². The van der Waals surface area contributed by atoms with E-state index >= 15 is 0 Å². The highest BCUT2D eigenvalue weighted by atomic mass is 32.1. The van der Waals surface area contributed by atoms with Crippen molar-refractivity contribution in [3.05, 3.63) is 34.6 Å². The molecule has 0 saturated carbocycles. The van der Waals surface area contributed by atoms with Crippen molar-refractivity contribution in [3.63, 3.8) is 0 Å². The van der Waals surface area contributed by atoms with Crippen LogP contribution in [0, 0.1) is 12.7 Å². The van der Waals surface area contributed by atoms with E-state index in [2.05, 4.69) is 15.3 Å². The zero-order valence-electron chi connectivity index (χ0n) is 10.7. The summed E-state index contributed by atoms with van der Waals surface area (Å²) in [7, 11) is 0. The second-order valence-electron chi connectivity index (χ2n) is 4.22. The van der Waals surface area contributed by atoms with Gasteiger partial charge < -0.3 is 5.32 Å². The van der Waals surface area contributed by atoms with E-state index in [4.69, 9.17) is 0 Å². The molecular formula is C13H10FN3OS2. The quantitative estimate of drug-likeness (QED) is 0.739. The zero-order valence-corrected chi connectivity index (χ0v) is 12.4. The minimum atomic E-state index is -0.341. The van der Waals surface area contributed by atoms with Crippen LogP contribution in [0.3, 0.4) is 0 Å². The van der Waals surface area contributed by atoms with Gasteiger partial charge in [-0.05, 0) is 19.1 Å². The average Bonchev–Trinajstić information content (AvgIpc) is 2.94. The molecule has 4 nitrogen and oxygen atoms in total. The number of halogens is 1. The number of fused-ring (bicyclic) bond motifs is 1. The number of Topliss-reactive ketones (excluding diaryl/α,β-unsaturated/α-hetero) is 1. The van der Waals surface area contributed by atoms with Crippen molar-refractivity contribution in [1.29, 1.82) is 0 Å². The molecule has 1 N–H and O–H groups in total. The Labute approximate surface area is 122 Å². The van der Waals surface area contributed by atoms with Crippen molar-refractivity contribution < 1.29 is 9.18 Å². The van der Waals surface area contributed by atoms with Crippen LogP contribution in [-0.4, -0.2) is 15.8 Å². The summed E-state index contributed by atoms with van der Waals surface area (Å²) < 4.78 is 14.3. The highest BCUT2D eigenvalue weighted by Crippen LogP contribution is 2.32. The fourth-order valence-corrected chi connectivity index (χ4v) is 3.64. The highest BCUT2D eigenvalue weighted by molar-refractivity contribution is 7.23. The Hall–Kier alpha value is -1.86. The van der Waals surface area contributed by atoms with E-state index in [9.17, 15) is 9.18 Å². The van der Waals surface area contributed by atoms with E-state index in [0.717, 1.165) is 4.70 Å². The van der Waals surface area contributed by atoms with Crippen molar-refractivity contribution in [1.82, 2.24) is 9.97 Å². The molecule has 0 bridgehead atoms. The molecule has 102 valence electrons. The molecule has 2 aromatic heterocycles. The SMILES string of the molecule is CC(=O)c1sc(Nc2nc3c(F)cccc3s2)nc1C. The summed E-state index contributed by atoms with van der Waals surface area (Å²) in [5, 5.41) is 4.19. The summed E-state index contributed by atoms with van der Waals surface area (Å²) >= 11 is 2.63.